The zero-order valence-electron chi connectivity index (χ0n) is 13.9. The van der Waals surface area contributed by atoms with Gasteiger partial charge in [0.15, 0.2) is 0 Å². The number of carbonyl (C=O) groups excluding carboxylic acids is 1. The monoisotopic (exact) mass is 346 g/mol. The number of hydrogen-bond acceptors (Lipinski definition) is 4. The van der Waals surface area contributed by atoms with Crippen LogP contribution in [-0.2, 0) is 15.0 Å². The fraction of sp³-hybridized carbons (Fsp3) is 0.933. The summed E-state index contributed by atoms with van der Waals surface area (Å²) in [6, 6.07) is -0.140. The number of rotatable bonds is 6. The first-order valence-corrected chi connectivity index (χ1v) is 10.2. The molecule has 2 rings (SSSR count). The van der Waals surface area contributed by atoms with E-state index in [0.717, 1.165) is 44.9 Å². The van der Waals surface area contributed by atoms with E-state index < -0.39 is 10.2 Å². The van der Waals surface area contributed by atoms with Gasteiger partial charge in [0.1, 0.15) is 0 Å². The molecule has 0 bridgehead atoms. The minimum Gasteiger partial charge on any atom is -0.354 e. The molecule has 2 fully saturated rings. The van der Waals surface area contributed by atoms with E-state index in [1.165, 1.54) is 0 Å². The van der Waals surface area contributed by atoms with Crippen LogP contribution >= 0.6 is 0 Å². The molecule has 0 aromatic rings. The summed E-state index contributed by atoms with van der Waals surface area (Å²) in [6.07, 6.45) is 7.05. The maximum atomic E-state index is 13.0. The van der Waals surface area contributed by atoms with Gasteiger partial charge in [-0.15, -0.1) is 0 Å². The van der Waals surface area contributed by atoms with E-state index in [-0.39, 0.29) is 18.4 Å². The standard InChI is InChI=1S/C15H30N4O3S/c16-9-8-15(20)17-13-14-7-3-6-12-19(14)23(21,22)18-10-4-1-2-5-11-18/h14H,1-13,16H2,(H,17,20). The normalized spacial score (nSPS) is 25.0. The summed E-state index contributed by atoms with van der Waals surface area (Å²) in [5.41, 5.74) is 5.37. The second kappa shape index (κ2) is 8.96. The lowest BCUT2D eigenvalue weighted by atomic mass is 10.1. The summed E-state index contributed by atoms with van der Waals surface area (Å²) in [6.45, 7) is 2.48. The van der Waals surface area contributed by atoms with E-state index in [1.54, 1.807) is 8.61 Å². The predicted molar refractivity (Wildman–Crippen MR) is 90.0 cm³/mol. The van der Waals surface area contributed by atoms with Crippen molar-refractivity contribution in [2.75, 3.05) is 32.7 Å². The summed E-state index contributed by atoms with van der Waals surface area (Å²) >= 11 is 0. The summed E-state index contributed by atoms with van der Waals surface area (Å²) in [5.74, 6) is -0.106. The van der Waals surface area contributed by atoms with Crippen LogP contribution < -0.4 is 11.1 Å². The third-order valence-electron chi connectivity index (χ3n) is 4.67. The van der Waals surface area contributed by atoms with E-state index >= 15 is 0 Å². The maximum absolute atomic E-state index is 13.0. The lowest BCUT2D eigenvalue weighted by molar-refractivity contribution is -0.121. The molecule has 2 aliphatic heterocycles. The fourth-order valence-corrected chi connectivity index (χ4v) is 5.29. The van der Waals surface area contributed by atoms with Crippen molar-refractivity contribution in [1.82, 2.24) is 13.9 Å². The van der Waals surface area contributed by atoms with Gasteiger partial charge in [0, 0.05) is 45.2 Å². The lowest BCUT2D eigenvalue weighted by Gasteiger charge is -2.37. The highest BCUT2D eigenvalue weighted by atomic mass is 32.2. The molecule has 134 valence electrons. The van der Waals surface area contributed by atoms with Crippen molar-refractivity contribution >= 4 is 16.1 Å². The van der Waals surface area contributed by atoms with E-state index in [2.05, 4.69) is 5.32 Å². The van der Waals surface area contributed by atoms with Crippen LogP contribution in [0.1, 0.15) is 51.4 Å². The highest BCUT2D eigenvalue weighted by Gasteiger charge is 2.36. The zero-order chi connectivity index (χ0) is 16.7. The molecule has 23 heavy (non-hydrogen) atoms. The fourth-order valence-electron chi connectivity index (χ4n) is 3.35. The third kappa shape index (κ3) is 5.14. The molecule has 0 saturated carbocycles. The molecule has 8 heteroatoms. The predicted octanol–water partition coefficient (Wildman–Crippen LogP) is 0.427. The summed E-state index contributed by atoms with van der Waals surface area (Å²) in [7, 11) is -3.43. The topological polar surface area (TPSA) is 95.7 Å². The molecule has 2 saturated heterocycles. The Morgan fingerprint density at radius 2 is 1.70 bits per heavy atom. The number of carbonyl (C=O) groups is 1. The van der Waals surface area contributed by atoms with Crippen LogP contribution in [0.3, 0.4) is 0 Å². The van der Waals surface area contributed by atoms with Gasteiger partial charge in [0.25, 0.3) is 10.2 Å². The Kier molecular flexibility index (Phi) is 7.26. The Labute approximate surface area is 139 Å². The Balaban J connectivity index is 2.02. The smallest absolute Gasteiger partial charge is 0.282 e. The van der Waals surface area contributed by atoms with Crippen molar-refractivity contribution in [3.63, 3.8) is 0 Å². The van der Waals surface area contributed by atoms with E-state index in [0.29, 0.717) is 32.7 Å². The van der Waals surface area contributed by atoms with E-state index in [4.69, 9.17) is 5.73 Å². The summed E-state index contributed by atoms with van der Waals surface area (Å²) in [5, 5.41) is 2.83. The van der Waals surface area contributed by atoms with Crippen LogP contribution in [0.25, 0.3) is 0 Å². The number of hydrogen-bond donors (Lipinski definition) is 2. The summed E-state index contributed by atoms with van der Waals surface area (Å²) in [4.78, 5) is 11.6. The molecule has 3 N–H and O–H groups in total. The first kappa shape index (κ1) is 18.6. The molecule has 1 unspecified atom stereocenters. The van der Waals surface area contributed by atoms with Crippen LogP contribution in [0.4, 0.5) is 0 Å². The maximum Gasteiger partial charge on any atom is 0.282 e. The molecule has 0 spiro atoms. The van der Waals surface area contributed by atoms with Gasteiger partial charge in [0.2, 0.25) is 5.91 Å². The second-order valence-corrected chi connectivity index (χ2v) is 8.31. The van der Waals surface area contributed by atoms with Gasteiger partial charge in [-0.05, 0) is 25.7 Å². The minimum atomic E-state index is -3.43. The van der Waals surface area contributed by atoms with Crippen LogP contribution in [0.15, 0.2) is 0 Å². The Bertz CT molecular complexity index is 475. The lowest BCUT2D eigenvalue weighted by Crippen LogP contribution is -2.54. The highest BCUT2D eigenvalue weighted by Crippen LogP contribution is 2.24. The first-order chi connectivity index (χ1) is 11.1. The Hall–Kier alpha value is -0.700. The van der Waals surface area contributed by atoms with E-state index in [1.807, 2.05) is 0 Å². The molecule has 0 aromatic carbocycles. The molecule has 7 nitrogen and oxygen atoms in total. The number of amides is 1. The first-order valence-electron chi connectivity index (χ1n) is 8.79. The molecular weight excluding hydrogens is 316 g/mol. The highest BCUT2D eigenvalue weighted by molar-refractivity contribution is 7.86. The van der Waals surface area contributed by atoms with E-state index in [9.17, 15) is 13.2 Å². The SMILES string of the molecule is NCCC(=O)NCC1CCCCN1S(=O)(=O)N1CCCCCC1. The van der Waals surface area contributed by atoms with Crippen molar-refractivity contribution in [2.24, 2.45) is 5.73 Å². The largest absolute Gasteiger partial charge is 0.354 e. The minimum absolute atomic E-state index is 0.106. The Morgan fingerprint density at radius 3 is 2.35 bits per heavy atom. The second-order valence-electron chi connectivity index (χ2n) is 6.42. The number of nitrogens with zero attached hydrogens (tertiary/aromatic N) is 2. The molecule has 2 aliphatic rings. The molecule has 0 aliphatic carbocycles. The van der Waals surface area contributed by atoms with Crippen LogP contribution in [0, 0.1) is 0 Å². The van der Waals surface area contributed by atoms with Gasteiger partial charge >= 0.3 is 0 Å². The average molecular weight is 346 g/mol. The quantitative estimate of drug-likeness (QED) is 0.729. The molecule has 2 heterocycles. The average Bonchev–Trinajstić information content (AvgIpc) is 2.83. The number of nitrogens with one attached hydrogen (secondary N) is 1. The van der Waals surface area contributed by atoms with Gasteiger partial charge in [-0.25, -0.2) is 0 Å². The van der Waals surface area contributed by atoms with Gasteiger partial charge in [-0.2, -0.15) is 17.0 Å². The van der Waals surface area contributed by atoms with Crippen LogP contribution in [0.5, 0.6) is 0 Å². The van der Waals surface area contributed by atoms with Gasteiger partial charge in [0.05, 0.1) is 0 Å². The zero-order valence-corrected chi connectivity index (χ0v) is 14.7. The molecule has 1 atom stereocenters. The molecule has 0 aromatic heterocycles. The van der Waals surface area contributed by atoms with Crippen molar-refractivity contribution < 1.29 is 13.2 Å². The van der Waals surface area contributed by atoms with Crippen molar-refractivity contribution in [3.05, 3.63) is 0 Å². The molecule has 1 amide bonds. The van der Waals surface area contributed by atoms with Crippen molar-refractivity contribution in [3.8, 4) is 0 Å². The van der Waals surface area contributed by atoms with Crippen LogP contribution in [-0.4, -0.2) is 61.7 Å². The van der Waals surface area contributed by atoms with Crippen LogP contribution in [0.2, 0.25) is 0 Å². The molecule has 0 radical (unpaired) electrons. The van der Waals surface area contributed by atoms with Gasteiger partial charge in [-0.3, -0.25) is 4.79 Å². The summed E-state index contributed by atoms with van der Waals surface area (Å²) < 4.78 is 29.2. The number of piperidine rings is 1. The number of nitrogens with two attached hydrogens (primary N) is 1. The Morgan fingerprint density at radius 1 is 1.04 bits per heavy atom. The van der Waals surface area contributed by atoms with Crippen molar-refractivity contribution in [1.29, 1.82) is 0 Å². The van der Waals surface area contributed by atoms with Gasteiger partial charge < -0.3 is 11.1 Å². The molecular formula is C15H30N4O3S. The van der Waals surface area contributed by atoms with Gasteiger partial charge in [-0.1, -0.05) is 19.3 Å². The third-order valence-corrected chi connectivity index (χ3v) is 6.76. The van der Waals surface area contributed by atoms with Crippen molar-refractivity contribution in [2.45, 2.75) is 57.4 Å².